The summed E-state index contributed by atoms with van der Waals surface area (Å²) in [5.41, 5.74) is 1.17. The molecule has 2 aromatic rings. The van der Waals surface area contributed by atoms with Crippen molar-refractivity contribution in [3.8, 4) is 0 Å². The number of hydrogen-bond donors (Lipinski definition) is 0. The number of carbonyl (C=O) groups excluding carboxylic acids is 2. The Labute approximate surface area is 178 Å². The topological polar surface area (TPSA) is 63.0 Å². The van der Waals surface area contributed by atoms with Crippen LogP contribution in [-0.2, 0) is 4.74 Å². The molecule has 1 aromatic heterocycles. The van der Waals surface area contributed by atoms with E-state index < -0.39 is 5.82 Å². The Morgan fingerprint density at radius 3 is 2.67 bits per heavy atom. The van der Waals surface area contributed by atoms with E-state index in [9.17, 15) is 9.59 Å². The summed E-state index contributed by atoms with van der Waals surface area (Å²) in [4.78, 5) is 28.3. The summed E-state index contributed by atoms with van der Waals surface area (Å²) in [6.07, 6.45) is 6.16. The zero-order valence-corrected chi connectivity index (χ0v) is 17.9. The van der Waals surface area contributed by atoms with Crippen LogP contribution >= 0.6 is 11.8 Å². The Balaban J connectivity index is 1.60. The maximum absolute atomic E-state index is 15.6. The van der Waals surface area contributed by atoms with E-state index in [1.807, 2.05) is 18.7 Å². The zero-order valence-electron chi connectivity index (χ0n) is 17.1. The number of ether oxygens (including phenoxy) is 1. The van der Waals surface area contributed by atoms with E-state index in [-0.39, 0.29) is 45.6 Å². The number of fused-ring (bicyclic) bond motifs is 2. The molecule has 0 N–H and O–H groups in total. The molecule has 1 amide bonds. The first-order valence-corrected chi connectivity index (χ1v) is 11.4. The van der Waals surface area contributed by atoms with Crippen LogP contribution in [0.2, 0.25) is 0 Å². The second-order valence-corrected chi connectivity index (χ2v) is 9.74. The number of furan rings is 1. The Morgan fingerprint density at radius 1 is 1.20 bits per heavy atom. The molecular formula is C22H25FN2O4S. The molecule has 30 heavy (non-hydrogen) atoms. The van der Waals surface area contributed by atoms with Crippen molar-refractivity contribution >= 4 is 45.6 Å². The first kappa shape index (κ1) is 19.9. The Kier molecular flexibility index (Phi) is 5.01. The molecule has 3 heterocycles. The average Bonchev–Trinajstić information content (AvgIpc) is 3.26. The standard InChI is InChI=1S/C22H25FN2O4S/c1-12-8-24(9-13(2)29-12)20-14(10-26)7-15-17(11-28-21(15)19(20)23)25-16-5-3-4-6-18(16)30-22(25)27/h7,10-13,16,18H,3-6,8-9H2,1-2H3/t12-,13-,16-,18+/m1/s1. The molecule has 3 aliphatic rings. The normalized spacial score (nSPS) is 29.5. The number of benzene rings is 1. The van der Waals surface area contributed by atoms with Gasteiger partial charge < -0.3 is 14.1 Å². The predicted octanol–water partition coefficient (Wildman–Crippen LogP) is 4.98. The molecule has 3 fully saturated rings. The first-order chi connectivity index (χ1) is 14.5. The summed E-state index contributed by atoms with van der Waals surface area (Å²) >= 11 is 1.36. The van der Waals surface area contributed by atoms with Gasteiger partial charge in [0.2, 0.25) is 0 Å². The van der Waals surface area contributed by atoms with Gasteiger partial charge in [-0.3, -0.25) is 14.5 Å². The molecule has 4 atom stereocenters. The average molecular weight is 433 g/mol. The number of carbonyl (C=O) groups is 2. The van der Waals surface area contributed by atoms with Gasteiger partial charge in [0.15, 0.2) is 17.7 Å². The van der Waals surface area contributed by atoms with E-state index >= 15 is 4.39 Å². The SMILES string of the molecule is C[C@@H]1CN(c2c(C=O)cc3c(N4C(=O)S[C@H]5CCCC[C@H]54)coc3c2F)C[C@@H](C)O1. The highest BCUT2D eigenvalue weighted by atomic mass is 32.2. The minimum absolute atomic E-state index is 0.0254. The molecule has 1 aliphatic carbocycles. The number of morpholine rings is 1. The second-order valence-electron chi connectivity index (χ2n) is 8.55. The molecule has 1 aromatic carbocycles. The van der Waals surface area contributed by atoms with E-state index in [1.54, 1.807) is 11.0 Å². The molecular weight excluding hydrogens is 407 g/mol. The van der Waals surface area contributed by atoms with Gasteiger partial charge in [0.05, 0.1) is 29.6 Å². The number of amides is 1. The minimum Gasteiger partial charge on any atom is -0.459 e. The highest BCUT2D eigenvalue weighted by molar-refractivity contribution is 8.14. The lowest BCUT2D eigenvalue weighted by molar-refractivity contribution is -0.00542. The summed E-state index contributed by atoms with van der Waals surface area (Å²) < 4.78 is 27.0. The van der Waals surface area contributed by atoms with Crippen molar-refractivity contribution in [3.63, 3.8) is 0 Å². The third kappa shape index (κ3) is 3.12. The molecule has 5 rings (SSSR count). The van der Waals surface area contributed by atoms with Gasteiger partial charge in [-0.15, -0.1) is 0 Å². The van der Waals surface area contributed by atoms with Crippen molar-refractivity contribution < 1.29 is 23.1 Å². The molecule has 6 nitrogen and oxygen atoms in total. The van der Waals surface area contributed by atoms with Crippen LogP contribution in [0.5, 0.6) is 0 Å². The van der Waals surface area contributed by atoms with Gasteiger partial charge in [-0.2, -0.15) is 0 Å². The van der Waals surface area contributed by atoms with Gasteiger partial charge in [-0.25, -0.2) is 4.39 Å². The van der Waals surface area contributed by atoms with Crippen molar-refractivity contribution in [2.75, 3.05) is 22.9 Å². The molecule has 2 saturated heterocycles. The minimum atomic E-state index is -0.554. The van der Waals surface area contributed by atoms with E-state index in [1.165, 1.54) is 18.0 Å². The van der Waals surface area contributed by atoms with Gasteiger partial charge in [0.1, 0.15) is 6.26 Å². The van der Waals surface area contributed by atoms with E-state index in [2.05, 4.69) is 0 Å². The summed E-state index contributed by atoms with van der Waals surface area (Å²) in [7, 11) is 0. The van der Waals surface area contributed by atoms with Crippen LogP contribution in [0, 0.1) is 5.82 Å². The summed E-state index contributed by atoms with van der Waals surface area (Å²) in [5.74, 6) is -0.554. The maximum Gasteiger partial charge on any atom is 0.286 e. The van der Waals surface area contributed by atoms with Crippen molar-refractivity contribution in [3.05, 3.63) is 23.7 Å². The lowest BCUT2D eigenvalue weighted by Crippen LogP contribution is -2.46. The second kappa shape index (κ2) is 7.57. The van der Waals surface area contributed by atoms with Crippen LogP contribution < -0.4 is 9.80 Å². The monoisotopic (exact) mass is 432 g/mol. The summed E-state index contributed by atoms with van der Waals surface area (Å²) in [5, 5.41) is 0.720. The lowest BCUT2D eigenvalue weighted by Gasteiger charge is -2.37. The molecule has 2 aliphatic heterocycles. The fraction of sp³-hybridized carbons (Fsp3) is 0.545. The zero-order chi connectivity index (χ0) is 21.0. The molecule has 0 bridgehead atoms. The fourth-order valence-electron chi connectivity index (χ4n) is 5.19. The molecule has 160 valence electrons. The van der Waals surface area contributed by atoms with Crippen LogP contribution in [-0.4, -0.2) is 48.1 Å². The van der Waals surface area contributed by atoms with Gasteiger partial charge >= 0.3 is 0 Å². The van der Waals surface area contributed by atoms with Crippen molar-refractivity contribution in [2.24, 2.45) is 0 Å². The molecule has 0 radical (unpaired) electrons. The molecule has 0 unspecified atom stereocenters. The third-order valence-corrected chi connectivity index (χ3v) is 7.61. The largest absolute Gasteiger partial charge is 0.459 e. The van der Waals surface area contributed by atoms with Gasteiger partial charge in [-0.1, -0.05) is 24.6 Å². The van der Waals surface area contributed by atoms with E-state index in [4.69, 9.17) is 9.15 Å². The van der Waals surface area contributed by atoms with Crippen LogP contribution in [0.3, 0.4) is 0 Å². The number of thioether (sulfide) groups is 1. The number of hydrogen-bond acceptors (Lipinski definition) is 6. The van der Waals surface area contributed by atoms with Crippen molar-refractivity contribution in [1.29, 1.82) is 0 Å². The number of anilines is 2. The number of nitrogens with zero attached hydrogens (tertiary/aromatic N) is 2. The number of halogens is 1. The maximum atomic E-state index is 15.6. The van der Waals surface area contributed by atoms with E-state index in [0.29, 0.717) is 30.4 Å². The lowest BCUT2D eigenvalue weighted by atomic mass is 9.93. The van der Waals surface area contributed by atoms with Crippen molar-refractivity contribution in [1.82, 2.24) is 0 Å². The first-order valence-electron chi connectivity index (χ1n) is 10.6. The van der Waals surface area contributed by atoms with Gasteiger partial charge in [0.25, 0.3) is 5.24 Å². The smallest absolute Gasteiger partial charge is 0.286 e. The molecule has 0 spiro atoms. The van der Waals surface area contributed by atoms with Crippen LogP contribution in [0.4, 0.5) is 20.6 Å². The van der Waals surface area contributed by atoms with E-state index in [0.717, 1.165) is 25.7 Å². The summed E-state index contributed by atoms with van der Waals surface area (Å²) in [6, 6.07) is 1.76. The van der Waals surface area contributed by atoms with Gasteiger partial charge in [0, 0.05) is 29.3 Å². The highest BCUT2D eigenvalue weighted by Crippen LogP contribution is 2.46. The summed E-state index contributed by atoms with van der Waals surface area (Å²) in [6.45, 7) is 4.85. The van der Waals surface area contributed by atoms with Crippen LogP contribution in [0.15, 0.2) is 16.7 Å². The van der Waals surface area contributed by atoms with Crippen LogP contribution in [0.1, 0.15) is 49.9 Å². The Bertz CT molecular complexity index is 999. The van der Waals surface area contributed by atoms with Crippen LogP contribution in [0.25, 0.3) is 11.0 Å². The predicted molar refractivity (Wildman–Crippen MR) is 115 cm³/mol. The molecule has 1 saturated carbocycles. The Morgan fingerprint density at radius 2 is 1.93 bits per heavy atom. The molecule has 8 heteroatoms. The third-order valence-electron chi connectivity index (χ3n) is 6.36. The quantitative estimate of drug-likeness (QED) is 0.638. The number of aldehydes is 1. The van der Waals surface area contributed by atoms with Crippen molar-refractivity contribution in [2.45, 2.75) is 63.0 Å². The fourth-order valence-corrected chi connectivity index (χ4v) is 6.50. The number of rotatable bonds is 3. The highest BCUT2D eigenvalue weighted by Gasteiger charge is 2.44. The Hall–Kier alpha value is -2.06. The van der Waals surface area contributed by atoms with Gasteiger partial charge in [-0.05, 0) is 32.8 Å².